The largest absolute Gasteiger partial charge is 0.481 e. The molecule has 4 aromatic rings. The molecule has 3 aliphatic heterocycles. The van der Waals surface area contributed by atoms with Crippen molar-refractivity contribution in [3.05, 3.63) is 93.5 Å². The average molecular weight is 733 g/mol. The van der Waals surface area contributed by atoms with Crippen molar-refractivity contribution in [2.45, 2.75) is 57.3 Å². The van der Waals surface area contributed by atoms with Gasteiger partial charge < -0.3 is 20.8 Å². The van der Waals surface area contributed by atoms with Gasteiger partial charge in [0.25, 0.3) is 11.8 Å². The summed E-state index contributed by atoms with van der Waals surface area (Å²) in [6.45, 7) is 4.20. The molecule has 0 radical (unpaired) electrons. The Balaban J connectivity index is 1.03. The molecule has 12 nitrogen and oxygen atoms in total. The quantitative estimate of drug-likeness (QED) is 0.164. The number of carboxylic acids is 1. The number of nitrogens with one attached hydrogen (secondary N) is 2. The lowest BCUT2D eigenvalue weighted by Crippen LogP contribution is -2.40. The van der Waals surface area contributed by atoms with Crippen LogP contribution >= 0.6 is 23.2 Å². The average Bonchev–Trinajstić information content (AvgIpc) is 3.76. The summed E-state index contributed by atoms with van der Waals surface area (Å²) in [6, 6.07) is 15.9. The SMILES string of the molecule is O=C(Nc1cccc(-c2cccc(NC(=O)c3cc4n(n3)CCCC4N3CCC(C(=O)O)CC3)c2Cl)c1Cl)c1ccc(CN2CC[C@@H](O)C2)cn1. The van der Waals surface area contributed by atoms with Gasteiger partial charge in [0.2, 0.25) is 0 Å². The van der Waals surface area contributed by atoms with E-state index in [0.717, 1.165) is 37.1 Å². The molecule has 0 saturated carbocycles. The van der Waals surface area contributed by atoms with Crippen LogP contribution in [0.25, 0.3) is 11.1 Å². The lowest BCUT2D eigenvalue weighted by atomic mass is 9.93. The van der Waals surface area contributed by atoms with Gasteiger partial charge in [-0.25, -0.2) is 0 Å². The molecule has 266 valence electrons. The highest BCUT2D eigenvalue weighted by Crippen LogP contribution is 2.41. The summed E-state index contributed by atoms with van der Waals surface area (Å²) in [6.07, 6.45) is 5.18. The lowest BCUT2D eigenvalue weighted by molar-refractivity contribution is -0.143. The van der Waals surface area contributed by atoms with Crippen LogP contribution in [0.15, 0.2) is 60.8 Å². The van der Waals surface area contributed by atoms with Crippen LogP contribution in [0, 0.1) is 5.92 Å². The number of carboxylic acid groups (broad SMARTS) is 1. The number of aliphatic hydroxyl groups is 1. The van der Waals surface area contributed by atoms with Gasteiger partial charge in [-0.3, -0.25) is 33.8 Å². The second kappa shape index (κ2) is 15.1. The van der Waals surface area contributed by atoms with Crippen molar-refractivity contribution < 1.29 is 24.6 Å². The number of anilines is 2. The Bertz CT molecular complexity index is 1940. The number of carbonyl (C=O) groups excluding carboxylic acids is 2. The molecule has 5 heterocycles. The van der Waals surface area contributed by atoms with E-state index >= 15 is 0 Å². The number of aliphatic hydroxyl groups excluding tert-OH is 1. The number of pyridine rings is 1. The molecule has 2 aromatic carbocycles. The first-order chi connectivity index (χ1) is 24.6. The molecule has 51 heavy (non-hydrogen) atoms. The minimum Gasteiger partial charge on any atom is -0.481 e. The van der Waals surface area contributed by atoms with Gasteiger partial charge in [-0.2, -0.15) is 5.10 Å². The molecule has 14 heteroatoms. The number of fused-ring (bicyclic) bond motifs is 1. The van der Waals surface area contributed by atoms with E-state index in [9.17, 15) is 24.6 Å². The number of β-amino-alcohol motifs (C(OH)–C–C–N with tert-alkyl or cyclic N) is 1. The highest BCUT2D eigenvalue weighted by molar-refractivity contribution is 6.40. The van der Waals surface area contributed by atoms with E-state index in [4.69, 9.17) is 23.2 Å². The number of hydrogen-bond acceptors (Lipinski definition) is 8. The number of piperidine rings is 1. The zero-order chi connectivity index (χ0) is 35.6. The number of nitrogens with zero attached hydrogens (tertiary/aromatic N) is 5. The van der Waals surface area contributed by atoms with Crippen LogP contribution in [0.1, 0.15) is 70.4 Å². The van der Waals surface area contributed by atoms with Crippen LogP contribution in [-0.2, 0) is 17.9 Å². The zero-order valence-corrected chi connectivity index (χ0v) is 29.4. The molecule has 0 bridgehead atoms. The van der Waals surface area contributed by atoms with Gasteiger partial charge >= 0.3 is 5.97 Å². The van der Waals surface area contributed by atoms with Crippen molar-refractivity contribution >= 4 is 52.4 Å². The van der Waals surface area contributed by atoms with Crippen molar-refractivity contribution in [2.24, 2.45) is 5.92 Å². The summed E-state index contributed by atoms with van der Waals surface area (Å²) in [5.41, 5.74) is 4.33. The molecule has 2 atom stereocenters. The standard InChI is InChI=1S/C37H39Cl2N7O5/c38-33-25(4-1-6-27(33)41-35(48)29-10-9-22(19-40-29)20-44-15-13-24(47)21-44)26-5-2-7-28(34(26)39)42-36(49)30-18-32-31(8-3-14-46(32)43-30)45-16-11-23(12-17-45)37(50)51/h1-2,4-7,9-10,18-19,23-24,31,47H,3,8,11-17,20-21H2,(H,41,48)(H,42,49)(H,50,51)/t24-,31?/m1/s1. The van der Waals surface area contributed by atoms with Crippen molar-refractivity contribution in [1.82, 2.24) is 24.6 Å². The fraction of sp³-hybridized carbons (Fsp3) is 0.378. The number of likely N-dealkylation sites (tertiary alicyclic amines) is 2. The Hall–Kier alpha value is -4.33. The number of aliphatic carboxylic acids is 1. The summed E-state index contributed by atoms with van der Waals surface area (Å²) in [5.74, 6) is -1.87. The normalized spacial score (nSPS) is 19.8. The maximum atomic E-state index is 13.5. The van der Waals surface area contributed by atoms with Crippen LogP contribution in [0.3, 0.4) is 0 Å². The Labute approximate surface area is 305 Å². The highest BCUT2D eigenvalue weighted by atomic mass is 35.5. The molecular weight excluding hydrogens is 693 g/mol. The summed E-state index contributed by atoms with van der Waals surface area (Å²) in [7, 11) is 0. The summed E-state index contributed by atoms with van der Waals surface area (Å²) in [5, 5.41) is 30.1. The molecule has 0 spiro atoms. The number of rotatable bonds is 9. The van der Waals surface area contributed by atoms with Crippen molar-refractivity contribution in [1.29, 1.82) is 0 Å². The van der Waals surface area contributed by atoms with Gasteiger partial charge in [-0.1, -0.05) is 53.5 Å². The zero-order valence-electron chi connectivity index (χ0n) is 27.9. The number of carbonyl (C=O) groups is 3. The van der Waals surface area contributed by atoms with Gasteiger partial charge in [0.15, 0.2) is 5.69 Å². The third-order valence-corrected chi connectivity index (χ3v) is 10.9. The number of benzene rings is 2. The predicted molar refractivity (Wildman–Crippen MR) is 194 cm³/mol. The Morgan fingerprint density at radius 3 is 2.08 bits per heavy atom. The van der Waals surface area contributed by atoms with E-state index in [1.165, 1.54) is 0 Å². The molecule has 3 aliphatic rings. The van der Waals surface area contributed by atoms with E-state index in [1.807, 2.05) is 16.8 Å². The summed E-state index contributed by atoms with van der Waals surface area (Å²) >= 11 is 13.7. The fourth-order valence-corrected chi connectivity index (χ4v) is 7.86. The van der Waals surface area contributed by atoms with Crippen LogP contribution in [0.4, 0.5) is 11.4 Å². The third-order valence-electron chi connectivity index (χ3n) is 10.0. The van der Waals surface area contributed by atoms with Crippen LogP contribution < -0.4 is 10.6 Å². The topological polar surface area (TPSA) is 153 Å². The molecule has 4 N–H and O–H groups in total. The van der Waals surface area contributed by atoms with Gasteiger partial charge in [-0.05, 0) is 75.0 Å². The predicted octanol–water partition coefficient (Wildman–Crippen LogP) is 5.95. The first-order valence-corrected chi connectivity index (χ1v) is 18.0. The van der Waals surface area contributed by atoms with Gasteiger partial charge in [0.1, 0.15) is 5.69 Å². The minimum absolute atomic E-state index is 0.0788. The molecule has 2 saturated heterocycles. The number of halogens is 2. The molecule has 1 unspecified atom stereocenters. The van der Waals surface area contributed by atoms with Crippen LogP contribution in [0.5, 0.6) is 0 Å². The Morgan fingerprint density at radius 1 is 0.824 bits per heavy atom. The summed E-state index contributed by atoms with van der Waals surface area (Å²) in [4.78, 5) is 46.9. The molecule has 0 aliphatic carbocycles. The van der Waals surface area contributed by atoms with E-state index in [2.05, 4.69) is 30.5 Å². The van der Waals surface area contributed by atoms with Gasteiger partial charge in [0, 0.05) is 43.5 Å². The van der Waals surface area contributed by atoms with E-state index < -0.39 is 17.8 Å². The molecule has 7 rings (SSSR count). The fourth-order valence-electron chi connectivity index (χ4n) is 7.31. The van der Waals surface area contributed by atoms with Crippen LogP contribution in [0.2, 0.25) is 10.0 Å². The molecular formula is C37H39Cl2N7O5. The maximum absolute atomic E-state index is 13.5. The van der Waals surface area contributed by atoms with Crippen molar-refractivity contribution in [3.63, 3.8) is 0 Å². The molecule has 2 fully saturated rings. The van der Waals surface area contributed by atoms with E-state index in [1.54, 1.807) is 48.7 Å². The second-order valence-electron chi connectivity index (χ2n) is 13.5. The molecule has 2 amide bonds. The number of hydrogen-bond donors (Lipinski definition) is 4. The summed E-state index contributed by atoms with van der Waals surface area (Å²) < 4.78 is 1.88. The molecule has 2 aromatic heterocycles. The first-order valence-electron chi connectivity index (χ1n) is 17.2. The van der Waals surface area contributed by atoms with Gasteiger partial charge in [-0.15, -0.1) is 0 Å². The monoisotopic (exact) mass is 731 g/mol. The minimum atomic E-state index is -0.738. The van der Waals surface area contributed by atoms with E-state index in [0.29, 0.717) is 68.1 Å². The highest BCUT2D eigenvalue weighted by Gasteiger charge is 2.33. The maximum Gasteiger partial charge on any atom is 0.306 e. The second-order valence-corrected chi connectivity index (χ2v) is 14.2. The smallest absolute Gasteiger partial charge is 0.306 e. The van der Waals surface area contributed by atoms with Gasteiger partial charge in [0.05, 0.1) is 45.2 Å². The number of aromatic nitrogens is 3. The number of aryl methyl sites for hydroxylation is 1. The van der Waals surface area contributed by atoms with Crippen molar-refractivity contribution in [2.75, 3.05) is 36.8 Å². The first kappa shape index (κ1) is 35.1. The Morgan fingerprint density at radius 2 is 1.49 bits per heavy atom. The lowest BCUT2D eigenvalue weighted by Gasteiger charge is -2.38. The van der Waals surface area contributed by atoms with Crippen molar-refractivity contribution in [3.8, 4) is 11.1 Å². The number of amides is 2. The third kappa shape index (κ3) is 7.65. The van der Waals surface area contributed by atoms with E-state index in [-0.39, 0.29) is 39.5 Å². The Kier molecular flexibility index (Phi) is 10.4. The van der Waals surface area contributed by atoms with Crippen LogP contribution in [-0.4, -0.2) is 84.8 Å².